The number of carbonyl (C=O) groups is 2. The molecule has 0 radical (unpaired) electrons. The number of hydrogen-bond donors (Lipinski definition) is 2. The summed E-state index contributed by atoms with van der Waals surface area (Å²) >= 11 is 0. The first-order valence-corrected chi connectivity index (χ1v) is 8.22. The standard InChI is InChI=1S/C18H20N2O4/c21-16-10-14(13-8-4-5-9-15(13)20-16)18(23)24-11-17(22)19-12-6-2-1-3-7-12/h4-5,8-10,12H,1-3,6-7,11H2,(H,19,22)(H,20,21). The van der Waals surface area contributed by atoms with Crippen LogP contribution in [-0.2, 0) is 9.53 Å². The van der Waals surface area contributed by atoms with Gasteiger partial charge in [-0.15, -0.1) is 0 Å². The molecule has 126 valence electrons. The second-order valence-corrected chi connectivity index (χ2v) is 6.07. The number of hydrogen-bond acceptors (Lipinski definition) is 4. The van der Waals surface area contributed by atoms with E-state index >= 15 is 0 Å². The van der Waals surface area contributed by atoms with Crippen molar-refractivity contribution in [3.63, 3.8) is 0 Å². The molecule has 0 atom stereocenters. The van der Waals surface area contributed by atoms with Gasteiger partial charge in [-0.25, -0.2) is 4.79 Å². The van der Waals surface area contributed by atoms with Crippen LogP contribution in [0.25, 0.3) is 10.9 Å². The fraction of sp³-hybridized carbons (Fsp3) is 0.389. The number of fused-ring (bicyclic) bond motifs is 1. The van der Waals surface area contributed by atoms with Gasteiger partial charge in [-0.3, -0.25) is 9.59 Å². The SMILES string of the molecule is O=C(COC(=O)c1cc(=O)[nH]c2ccccc12)NC1CCCCC1. The molecule has 1 aliphatic carbocycles. The quantitative estimate of drug-likeness (QED) is 0.842. The van der Waals surface area contributed by atoms with Crippen LogP contribution in [0.5, 0.6) is 0 Å². The summed E-state index contributed by atoms with van der Waals surface area (Å²) < 4.78 is 5.09. The Kier molecular flexibility index (Phi) is 4.93. The van der Waals surface area contributed by atoms with Crippen LogP contribution in [0, 0.1) is 0 Å². The molecule has 3 rings (SSSR count). The maximum absolute atomic E-state index is 12.3. The summed E-state index contributed by atoms with van der Waals surface area (Å²) in [5.74, 6) is -0.972. The van der Waals surface area contributed by atoms with Gasteiger partial charge in [0.05, 0.1) is 5.56 Å². The number of rotatable bonds is 4. The zero-order chi connectivity index (χ0) is 16.9. The molecule has 1 fully saturated rings. The lowest BCUT2D eigenvalue weighted by atomic mass is 9.95. The van der Waals surface area contributed by atoms with Gasteiger partial charge < -0.3 is 15.0 Å². The highest BCUT2D eigenvalue weighted by atomic mass is 16.5. The molecule has 2 aromatic rings. The molecular formula is C18H20N2O4. The Morgan fingerprint density at radius 2 is 1.92 bits per heavy atom. The van der Waals surface area contributed by atoms with Crippen molar-refractivity contribution >= 4 is 22.8 Å². The van der Waals surface area contributed by atoms with E-state index in [9.17, 15) is 14.4 Å². The molecule has 0 unspecified atom stereocenters. The number of nitrogens with one attached hydrogen (secondary N) is 2. The van der Waals surface area contributed by atoms with Crippen LogP contribution in [0.1, 0.15) is 42.5 Å². The lowest BCUT2D eigenvalue weighted by Crippen LogP contribution is -2.38. The molecule has 0 spiro atoms. The smallest absolute Gasteiger partial charge is 0.339 e. The predicted molar refractivity (Wildman–Crippen MR) is 89.9 cm³/mol. The van der Waals surface area contributed by atoms with Crippen molar-refractivity contribution in [2.45, 2.75) is 38.1 Å². The molecule has 0 bridgehead atoms. The molecule has 1 heterocycles. The monoisotopic (exact) mass is 328 g/mol. The topological polar surface area (TPSA) is 88.3 Å². The van der Waals surface area contributed by atoms with Crippen molar-refractivity contribution in [3.8, 4) is 0 Å². The van der Waals surface area contributed by atoms with Gasteiger partial charge in [0.2, 0.25) is 5.56 Å². The van der Waals surface area contributed by atoms with Crippen molar-refractivity contribution in [2.24, 2.45) is 0 Å². The average molecular weight is 328 g/mol. The van der Waals surface area contributed by atoms with Crippen molar-refractivity contribution in [2.75, 3.05) is 6.61 Å². The minimum Gasteiger partial charge on any atom is -0.452 e. The number of ether oxygens (including phenoxy) is 1. The average Bonchev–Trinajstić information content (AvgIpc) is 2.59. The zero-order valence-corrected chi connectivity index (χ0v) is 13.3. The minimum absolute atomic E-state index is 0.166. The summed E-state index contributed by atoms with van der Waals surface area (Å²) in [5, 5.41) is 3.48. The Morgan fingerprint density at radius 1 is 1.17 bits per heavy atom. The number of aromatic nitrogens is 1. The highest BCUT2D eigenvalue weighted by Crippen LogP contribution is 2.17. The highest BCUT2D eigenvalue weighted by molar-refractivity contribution is 6.03. The van der Waals surface area contributed by atoms with Crippen LogP contribution in [-0.4, -0.2) is 29.5 Å². The van der Waals surface area contributed by atoms with Gasteiger partial charge in [-0.1, -0.05) is 37.5 Å². The summed E-state index contributed by atoms with van der Waals surface area (Å²) in [6.45, 7) is -0.337. The minimum atomic E-state index is -0.670. The second-order valence-electron chi connectivity index (χ2n) is 6.07. The van der Waals surface area contributed by atoms with Gasteiger partial charge in [0.25, 0.3) is 5.91 Å². The Morgan fingerprint density at radius 3 is 2.71 bits per heavy atom. The Hall–Kier alpha value is -2.63. The first-order valence-electron chi connectivity index (χ1n) is 8.22. The van der Waals surface area contributed by atoms with Crippen LogP contribution in [0.3, 0.4) is 0 Å². The Balaban J connectivity index is 1.65. The zero-order valence-electron chi connectivity index (χ0n) is 13.3. The molecule has 1 saturated carbocycles. The van der Waals surface area contributed by atoms with E-state index in [0.717, 1.165) is 25.7 Å². The summed E-state index contributed by atoms with van der Waals surface area (Å²) in [6, 6.07) is 8.35. The highest BCUT2D eigenvalue weighted by Gasteiger charge is 2.18. The fourth-order valence-electron chi connectivity index (χ4n) is 3.10. The number of pyridine rings is 1. The van der Waals surface area contributed by atoms with Gasteiger partial charge in [0, 0.05) is 23.0 Å². The first-order chi connectivity index (χ1) is 11.6. The van der Waals surface area contributed by atoms with Crippen molar-refractivity contribution in [1.29, 1.82) is 0 Å². The Labute approximate surface area is 139 Å². The third-order valence-electron chi connectivity index (χ3n) is 4.28. The first kappa shape index (κ1) is 16.2. The van der Waals surface area contributed by atoms with Crippen LogP contribution in [0.4, 0.5) is 0 Å². The predicted octanol–water partition coefficient (Wildman–Crippen LogP) is 2.13. The number of esters is 1. The molecule has 1 aliphatic rings. The largest absolute Gasteiger partial charge is 0.452 e. The number of benzene rings is 1. The van der Waals surface area contributed by atoms with Gasteiger partial charge in [-0.2, -0.15) is 0 Å². The number of aromatic amines is 1. The Bertz CT molecular complexity index is 806. The van der Waals surface area contributed by atoms with E-state index < -0.39 is 5.97 Å². The third-order valence-corrected chi connectivity index (χ3v) is 4.28. The number of carbonyl (C=O) groups excluding carboxylic acids is 2. The molecule has 1 aromatic carbocycles. The van der Waals surface area contributed by atoms with Crippen LogP contribution >= 0.6 is 0 Å². The van der Waals surface area contributed by atoms with Crippen LogP contribution in [0.15, 0.2) is 35.1 Å². The lowest BCUT2D eigenvalue weighted by molar-refractivity contribution is -0.125. The normalized spacial score (nSPS) is 15.2. The van der Waals surface area contributed by atoms with E-state index in [2.05, 4.69) is 10.3 Å². The van der Waals surface area contributed by atoms with E-state index in [1.165, 1.54) is 12.5 Å². The number of para-hydroxylation sites is 1. The second kappa shape index (κ2) is 7.29. The van der Waals surface area contributed by atoms with Crippen LogP contribution in [0.2, 0.25) is 0 Å². The molecular weight excluding hydrogens is 308 g/mol. The molecule has 0 saturated heterocycles. The van der Waals surface area contributed by atoms with Crippen LogP contribution < -0.4 is 10.9 Å². The third kappa shape index (κ3) is 3.82. The maximum atomic E-state index is 12.3. The fourth-order valence-corrected chi connectivity index (χ4v) is 3.10. The van der Waals surface area contributed by atoms with Gasteiger partial charge in [-0.05, 0) is 18.9 Å². The molecule has 0 aliphatic heterocycles. The number of amides is 1. The molecule has 6 heteroatoms. The van der Waals surface area contributed by atoms with Gasteiger partial charge >= 0.3 is 5.97 Å². The molecule has 1 aromatic heterocycles. The summed E-state index contributed by atoms with van der Waals surface area (Å²) in [6.07, 6.45) is 5.38. The van der Waals surface area contributed by atoms with Crippen molar-refractivity contribution in [3.05, 3.63) is 46.2 Å². The van der Waals surface area contributed by atoms with E-state index in [4.69, 9.17) is 4.74 Å². The van der Waals surface area contributed by atoms with E-state index in [1.54, 1.807) is 24.3 Å². The van der Waals surface area contributed by atoms with Gasteiger partial charge in [0.1, 0.15) is 0 Å². The van der Waals surface area contributed by atoms with Crippen molar-refractivity contribution in [1.82, 2.24) is 10.3 Å². The molecule has 2 N–H and O–H groups in total. The summed E-state index contributed by atoms with van der Waals surface area (Å²) in [4.78, 5) is 38.5. The summed E-state index contributed by atoms with van der Waals surface area (Å²) in [5.41, 5.74) is 0.343. The van der Waals surface area contributed by atoms with E-state index in [0.29, 0.717) is 10.9 Å². The van der Waals surface area contributed by atoms with E-state index in [-0.39, 0.29) is 29.7 Å². The van der Waals surface area contributed by atoms with E-state index in [1.807, 2.05) is 0 Å². The number of H-pyrrole nitrogens is 1. The molecule has 6 nitrogen and oxygen atoms in total. The maximum Gasteiger partial charge on any atom is 0.339 e. The molecule has 24 heavy (non-hydrogen) atoms. The summed E-state index contributed by atoms with van der Waals surface area (Å²) in [7, 11) is 0. The van der Waals surface area contributed by atoms with Crippen molar-refractivity contribution < 1.29 is 14.3 Å². The van der Waals surface area contributed by atoms with Gasteiger partial charge in [0.15, 0.2) is 6.61 Å². The molecule has 1 amide bonds. The lowest BCUT2D eigenvalue weighted by Gasteiger charge is -2.22.